The number of rotatable bonds is 0. The van der Waals surface area contributed by atoms with E-state index >= 15 is 0 Å². The zero-order valence-corrected chi connectivity index (χ0v) is 6.83. The fourth-order valence-electron chi connectivity index (χ4n) is 1.47. The van der Waals surface area contributed by atoms with E-state index in [1.807, 2.05) is 6.07 Å². The molecule has 0 saturated heterocycles. The Morgan fingerprint density at radius 1 is 1.27 bits per heavy atom. The summed E-state index contributed by atoms with van der Waals surface area (Å²) in [7, 11) is 0. The van der Waals surface area contributed by atoms with Gasteiger partial charge in [-0.2, -0.15) is 0 Å². The van der Waals surface area contributed by atoms with Crippen molar-refractivity contribution in [1.82, 2.24) is 0 Å². The molecule has 0 aliphatic carbocycles. The number of aliphatic imine (C=N–C) groups is 1. The van der Waals surface area contributed by atoms with Crippen LogP contribution in [0.15, 0.2) is 29.3 Å². The zero-order valence-electron chi connectivity index (χ0n) is 6.83. The highest BCUT2D eigenvalue weighted by atomic mass is 14.8. The monoisotopic (exact) mass is 145 g/mol. The molecule has 1 atom stereocenters. The van der Waals surface area contributed by atoms with Crippen molar-refractivity contribution in [3.8, 4) is 0 Å². The van der Waals surface area contributed by atoms with Gasteiger partial charge in [-0.3, -0.25) is 4.99 Å². The van der Waals surface area contributed by atoms with E-state index in [0.29, 0.717) is 5.92 Å². The van der Waals surface area contributed by atoms with Crippen LogP contribution >= 0.6 is 0 Å². The van der Waals surface area contributed by atoms with Gasteiger partial charge in [0, 0.05) is 11.6 Å². The lowest BCUT2D eigenvalue weighted by Crippen LogP contribution is -1.97. The molecule has 0 fully saturated rings. The smallest absolute Gasteiger partial charge is 0.0667 e. The second-order valence-corrected chi connectivity index (χ2v) is 3.03. The maximum absolute atomic E-state index is 4.45. The summed E-state index contributed by atoms with van der Waals surface area (Å²) in [6.45, 7) is 4.29. The molecule has 0 radical (unpaired) electrons. The van der Waals surface area contributed by atoms with Crippen molar-refractivity contribution in [2.45, 2.75) is 19.8 Å². The van der Waals surface area contributed by atoms with Gasteiger partial charge in [0.2, 0.25) is 0 Å². The minimum absolute atomic E-state index is 0.520. The van der Waals surface area contributed by atoms with E-state index in [0.717, 1.165) is 5.69 Å². The molecule has 0 N–H and O–H groups in total. The van der Waals surface area contributed by atoms with Crippen LogP contribution in [0, 0.1) is 0 Å². The Bertz CT molecular complexity index is 312. The van der Waals surface area contributed by atoms with E-state index in [2.05, 4.69) is 37.0 Å². The fraction of sp³-hybridized carbons (Fsp3) is 0.300. The Morgan fingerprint density at radius 3 is 2.73 bits per heavy atom. The van der Waals surface area contributed by atoms with Gasteiger partial charge in [0.1, 0.15) is 0 Å². The molecule has 0 unspecified atom stereocenters. The Kier molecular flexibility index (Phi) is 1.31. The highest BCUT2D eigenvalue weighted by molar-refractivity contribution is 5.95. The molecule has 1 aromatic carbocycles. The third-order valence-electron chi connectivity index (χ3n) is 2.33. The van der Waals surface area contributed by atoms with Crippen LogP contribution in [-0.2, 0) is 0 Å². The van der Waals surface area contributed by atoms with Crippen molar-refractivity contribution in [3.05, 3.63) is 29.8 Å². The van der Waals surface area contributed by atoms with E-state index in [-0.39, 0.29) is 0 Å². The molecule has 1 heteroatoms. The molecule has 2 rings (SSSR count). The summed E-state index contributed by atoms with van der Waals surface area (Å²) in [5.41, 5.74) is 3.74. The van der Waals surface area contributed by atoms with Crippen LogP contribution < -0.4 is 0 Å². The standard InChI is InChI=1S/C10H11N/c1-7-8(2)11-10-6-4-3-5-9(7)10/h3-7H,1-2H3/t7-/m0/s1. The molecule has 1 nitrogen and oxygen atoms in total. The minimum Gasteiger partial charge on any atom is -0.257 e. The molecule has 0 saturated carbocycles. The van der Waals surface area contributed by atoms with E-state index in [9.17, 15) is 0 Å². The first kappa shape index (κ1) is 6.59. The topological polar surface area (TPSA) is 12.4 Å². The minimum atomic E-state index is 0.520. The first-order chi connectivity index (χ1) is 5.29. The van der Waals surface area contributed by atoms with Crippen LogP contribution in [0.4, 0.5) is 5.69 Å². The summed E-state index contributed by atoms with van der Waals surface area (Å²) in [5.74, 6) is 0.520. The van der Waals surface area contributed by atoms with Crippen molar-refractivity contribution >= 4 is 11.4 Å². The van der Waals surface area contributed by atoms with E-state index < -0.39 is 0 Å². The van der Waals surface area contributed by atoms with Crippen molar-refractivity contribution in [3.63, 3.8) is 0 Å². The molecule has 1 aliphatic heterocycles. The third-order valence-corrected chi connectivity index (χ3v) is 2.33. The molecule has 56 valence electrons. The van der Waals surface area contributed by atoms with Gasteiger partial charge in [-0.1, -0.05) is 25.1 Å². The van der Waals surface area contributed by atoms with E-state index in [4.69, 9.17) is 0 Å². The zero-order chi connectivity index (χ0) is 7.84. The summed E-state index contributed by atoms with van der Waals surface area (Å²) < 4.78 is 0. The molecule has 1 aromatic rings. The number of fused-ring (bicyclic) bond motifs is 1. The number of hydrogen-bond acceptors (Lipinski definition) is 1. The fourth-order valence-corrected chi connectivity index (χ4v) is 1.47. The van der Waals surface area contributed by atoms with Crippen molar-refractivity contribution in [2.24, 2.45) is 4.99 Å². The molecule has 0 bridgehead atoms. The normalized spacial score (nSPS) is 21.3. The quantitative estimate of drug-likeness (QED) is 0.532. The maximum Gasteiger partial charge on any atom is 0.0667 e. The van der Waals surface area contributed by atoms with Crippen molar-refractivity contribution in [2.75, 3.05) is 0 Å². The number of hydrogen-bond donors (Lipinski definition) is 0. The van der Waals surface area contributed by atoms with Gasteiger partial charge in [0.05, 0.1) is 5.69 Å². The second kappa shape index (κ2) is 2.19. The van der Waals surface area contributed by atoms with Crippen LogP contribution in [0.3, 0.4) is 0 Å². The number of para-hydroxylation sites is 1. The summed E-state index contributed by atoms with van der Waals surface area (Å²) in [4.78, 5) is 4.45. The molecular formula is C10H11N. The van der Waals surface area contributed by atoms with Crippen LogP contribution in [0.25, 0.3) is 0 Å². The number of benzene rings is 1. The molecule has 1 heterocycles. The summed E-state index contributed by atoms with van der Waals surface area (Å²) >= 11 is 0. The Balaban J connectivity index is 2.58. The summed E-state index contributed by atoms with van der Waals surface area (Å²) in [6.07, 6.45) is 0. The SMILES string of the molecule is CC1=Nc2ccccc2[C@H]1C. The molecule has 0 aromatic heterocycles. The van der Waals surface area contributed by atoms with E-state index in [1.165, 1.54) is 11.3 Å². The Morgan fingerprint density at radius 2 is 2.00 bits per heavy atom. The second-order valence-electron chi connectivity index (χ2n) is 3.03. The van der Waals surface area contributed by atoms with Crippen LogP contribution in [0.5, 0.6) is 0 Å². The first-order valence-corrected chi connectivity index (χ1v) is 3.93. The van der Waals surface area contributed by atoms with Crippen molar-refractivity contribution < 1.29 is 0 Å². The highest BCUT2D eigenvalue weighted by Gasteiger charge is 2.18. The molecule has 1 aliphatic rings. The Hall–Kier alpha value is -1.11. The predicted molar refractivity (Wildman–Crippen MR) is 47.6 cm³/mol. The molecule has 0 spiro atoms. The van der Waals surface area contributed by atoms with E-state index in [1.54, 1.807) is 0 Å². The highest BCUT2D eigenvalue weighted by Crippen LogP contribution is 2.34. The summed E-state index contributed by atoms with van der Waals surface area (Å²) in [6, 6.07) is 8.33. The average molecular weight is 145 g/mol. The lowest BCUT2D eigenvalue weighted by molar-refractivity contribution is 1.05. The van der Waals surface area contributed by atoms with Gasteiger partial charge in [0.25, 0.3) is 0 Å². The van der Waals surface area contributed by atoms with Gasteiger partial charge in [-0.15, -0.1) is 0 Å². The predicted octanol–water partition coefficient (Wildman–Crippen LogP) is 2.90. The van der Waals surface area contributed by atoms with Crippen LogP contribution in [-0.4, -0.2) is 5.71 Å². The first-order valence-electron chi connectivity index (χ1n) is 3.93. The number of nitrogens with zero attached hydrogens (tertiary/aromatic N) is 1. The van der Waals surface area contributed by atoms with Crippen LogP contribution in [0.1, 0.15) is 25.3 Å². The van der Waals surface area contributed by atoms with Gasteiger partial charge in [-0.05, 0) is 18.6 Å². The lowest BCUT2D eigenvalue weighted by Gasteiger charge is -2.02. The van der Waals surface area contributed by atoms with Gasteiger partial charge in [0.15, 0.2) is 0 Å². The molecule has 11 heavy (non-hydrogen) atoms. The Labute approximate surface area is 66.8 Å². The largest absolute Gasteiger partial charge is 0.257 e. The summed E-state index contributed by atoms with van der Waals surface area (Å²) in [5, 5.41) is 0. The lowest BCUT2D eigenvalue weighted by atomic mass is 9.99. The average Bonchev–Trinajstić information content (AvgIpc) is 2.30. The third kappa shape index (κ3) is 0.881. The maximum atomic E-state index is 4.45. The van der Waals surface area contributed by atoms with Crippen molar-refractivity contribution in [1.29, 1.82) is 0 Å². The van der Waals surface area contributed by atoms with Gasteiger partial charge in [-0.25, -0.2) is 0 Å². The van der Waals surface area contributed by atoms with Gasteiger partial charge >= 0.3 is 0 Å². The van der Waals surface area contributed by atoms with Gasteiger partial charge < -0.3 is 0 Å². The van der Waals surface area contributed by atoms with Crippen LogP contribution in [0.2, 0.25) is 0 Å². The molecule has 0 amide bonds. The molecular weight excluding hydrogens is 134 g/mol.